The van der Waals surface area contributed by atoms with Gasteiger partial charge >= 0.3 is 5.97 Å². The maximum absolute atomic E-state index is 13.7. The fraction of sp³-hybridized carbons (Fsp3) is 0.148. The van der Waals surface area contributed by atoms with Crippen LogP contribution in [0.4, 0.5) is 5.69 Å². The third-order valence-electron chi connectivity index (χ3n) is 5.90. The molecule has 5 rings (SSSR count). The zero-order valence-corrected chi connectivity index (χ0v) is 22.6. The number of thiazole rings is 1. The molecule has 1 atom stereocenters. The van der Waals surface area contributed by atoms with Crippen molar-refractivity contribution in [3.05, 3.63) is 118 Å². The summed E-state index contributed by atoms with van der Waals surface area (Å²) in [6, 6.07) is 16.0. The first-order valence-corrected chi connectivity index (χ1v) is 13.2. The lowest BCUT2D eigenvalue weighted by Crippen LogP contribution is -2.39. The number of nitrogens with zero attached hydrogens (tertiary/aromatic N) is 3. The zero-order chi connectivity index (χ0) is 27.0. The number of aromatic nitrogens is 1. The van der Waals surface area contributed by atoms with Crippen LogP contribution in [0.25, 0.3) is 17.4 Å². The number of esters is 1. The van der Waals surface area contributed by atoms with Crippen LogP contribution in [-0.2, 0) is 9.53 Å². The van der Waals surface area contributed by atoms with E-state index in [1.165, 1.54) is 28.0 Å². The SMILES string of the molecule is CCOC(=O)C1=C(C)N=c2s/c(=C\c3cccc(Br)c3)c(=O)n2[C@@H]1c1ccc(-c2cccc([N+](=O)[O-])c2)o1. The number of halogens is 1. The summed E-state index contributed by atoms with van der Waals surface area (Å²) >= 11 is 4.66. The second-order valence-corrected chi connectivity index (χ2v) is 10.3. The third-order valence-corrected chi connectivity index (χ3v) is 7.38. The number of carbonyl (C=O) groups excluding carboxylic acids is 1. The van der Waals surface area contributed by atoms with Gasteiger partial charge in [0.15, 0.2) is 4.80 Å². The molecular weight excluding hydrogens is 574 g/mol. The highest BCUT2D eigenvalue weighted by Gasteiger charge is 2.35. The van der Waals surface area contributed by atoms with E-state index in [1.54, 1.807) is 44.2 Å². The van der Waals surface area contributed by atoms with Crippen molar-refractivity contribution in [2.45, 2.75) is 19.9 Å². The molecule has 2 aromatic carbocycles. The van der Waals surface area contributed by atoms with Crippen LogP contribution in [-0.4, -0.2) is 22.1 Å². The van der Waals surface area contributed by atoms with Gasteiger partial charge in [-0.2, -0.15) is 0 Å². The summed E-state index contributed by atoms with van der Waals surface area (Å²) in [6.07, 6.45) is 1.77. The summed E-state index contributed by atoms with van der Waals surface area (Å²) in [6.45, 7) is 3.53. The number of non-ortho nitro benzene ring substituents is 1. The van der Waals surface area contributed by atoms with Crippen LogP contribution in [0.3, 0.4) is 0 Å². The van der Waals surface area contributed by atoms with Crippen molar-refractivity contribution in [2.24, 2.45) is 4.99 Å². The Kier molecular flexibility index (Phi) is 6.96. The van der Waals surface area contributed by atoms with Crippen molar-refractivity contribution in [3.63, 3.8) is 0 Å². The molecule has 4 aromatic rings. The maximum Gasteiger partial charge on any atom is 0.338 e. The number of hydrogen-bond acceptors (Lipinski definition) is 8. The van der Waals surface area contributed by atoms with E-state index in [0.29, 0.717) is 32.1 Å². The molecule has 9 nitrogen and oxygen atoms in total. The molecule has 11 heteroatoms. The molecule has 0 fully saturated rings. The largest absolute Gasteiger partial charge is 0.463 e. The fourth-order valence-corrected chi connectivity index (χ4v) is 5.70. The Balaban J connectivity index is 1.68. The van der Waals surface area contributed by atoms with Gasteiger partial charge in [0.2, 0.25) is 0 Å². The molecule has 0 aliphatic carbocycles. The molecule has 0 saturated carbocycles. The lowest BCUT2D eigenvalue weighted by atomic mass is 10.0. The minimum absolute atomic E-state index is 0.0797. The molecule has 0 saturated heterocycles. The second kappa shape index (κ2) is 10.3. The molecule has 0 radical (unpaired) electrons. The number of nitro benzene ring substituents is 1. The van der Waals surface area contributed by atoms with E-state index in [2.05, 4.69) is 20.9 Å². The van der Waals surface area contributed by atoms with Gasteiger partial charge in [0.25, 0.3) is 11.2 Å². The summed E-state index contributed by atoms with van der Waals surface area (Å²) in [5, 5.41) is 11.2. The lowest BCUT2D eigenvalue weighted by Gasteiger charge is -2.22. The van der Waals surface area contributed by atoms with Gasteiger partial charge in [0.1, 0.15) is 17.6 Å². The van der Waals surface area contributed by atoms with Crippen molar-refractivity contribution < 1.29 is 18.9 Å². The third kappa shape index (κ3) is 4.77. The first kappa shape index (κ1) is 25.6. The van der Waals surface area contributed by atoms with Gasteiger partial charge in [-0.1, -0.05) is 51.5 Å². The Labute approximate surface area is 228 Å². The van der Waals surface area contributed by atoms with Crippen LogP contribution < -0.4 is 14.9 Å². The van der Waals surface area contributed by atoms with Crippen LogP contribution in [0, 0.1) is 10.1 Å². The maximum atomic E-state index is 13.7. The number of hydrogen-bond donors (Lipinski definition) is 0. The molecule has 0 bridgehead atoms. The molecule has 0 unspecified atom stereocenters. The van der Waals surface area contributed by atoms with Crippen molar-refractivity contribution >= 4 is 45.0 Å². The van der Waals surface area contributed by atoms with Crippen LogP contribution in [0.2, 0.25) is 0 Å². The molecule has 0 N–H and O–H groups in total. The van der Waals surface area contributed by atoms with Gasteiger partial charge in [0, 0.05) is 22.2 Å². The average Bonchev–Trinajstić information content (AvgIpc) is 3.49. The zero-order valence-electron chi connectivity index (χ0n) is 20.2. The van der Waals surface area contributed by atoms with E-state index in [-0.39, 0.29) is 23.4 Å². The molecule has 0 amide bonds. The minimum atomic E-state index is -0.928. The average molecular weight is 594 g/mol. The van der Waals surface area contributed by atoms with Crippen LogP contribution in [0.1, 0.15) is 31.2 Å². The van der Waals surface area contributed by atoms with Gasteiger partial charge in [-0.3, -0.25) is 19.5 Å². The van der Waals surface area contributed by atoms with E-state index in [1.807, 2.05) is 24.3 Å². The molecule has 192 valence electrons. The predicted molar refractivity (Wildman–Crippen MR) is 145 cm³/mol. The molecule has 0 spiro atoms. The Morgan fingerprint density at radius 2 is 2.03 bits per heavy atom. The monoisotopic (exact) mass is 593 g/mol. The fourth-order valence-electron chi connectivity index (χ4n) is 4.24. The standard InChI is InChI=1S/C27H20BrN3O6S/c1-3-36-26(33)23-15(2)29-27-30(25(32)22(38-27)13-16-6-4-8-18(28)12-16)24(23)21-11-10-20(37-21)17-7-5-9-19(14-17)31(34)35/h4-14,24H,3H2,1-2H3/b22-13-/t24-/m1/s1. The van der Waals surface area contributed by atoms with Gasteiger partial charge in [-0.05, 0) is 49.8 Å². The lowest BCUT2D eigenvalue weighted by molar-refractivity contribution is -0.384. The van der Waals surface area contributed by atoms with E-state index in [9.17, 15) is 19.7 Å². The topological polar surface area (TPSA) is 117 Å². The van der Waals surface area contributed by atoms with Crippen molar-refractivity contribution in [3.8, 4) is 11.3 Å². The molecule has 1 aliphatic heterocycles. The second-order valence-electron chi connectivity index (χ2n) is 8.37. The van der Waals surface area contributed by atoms with Crippen molar-refractivity contribution in [1.82, 2.24) is 4.57 Å². The Bertz CT molecular complexity index is 1800. The molecule has 3 heterocycles. The van der Waals surface area contributed by atoms with E-state index >= 15 is 0 Å². The van der Waals surface area contributed by atoms with Crippen LogP contribution in [0.5, 0.6) is 0 Å². The summed E-state index contributed by atoms with van der Waals surface area (Å²) in [7, 11) is 0. The first-order chi connectivity index (χ1) is 18.3. The Morgan fingerprint density at radius 1 is 1.24 bits per heavy atom. The number of carbonyl (C=O) groups is 1. The summed E-state index contributed by atoms with van der Waals surface area (Å²) in [4.78, 5) is 42.5. The number of benzene rings is 2. The summed E-state index contributed by atoms with van der Waals surface area (Å²) in [5.74, 6) is 0.0603. The number of nitro groups is 1. The summed E-state index contributed by atoms with van der Waals surface area (Å²) in [5.41, 5.74) is 1.51. The van der Waals surface area contributed by atoms with Gasteiger partial charge in [0.05, 0.1) is 27.3 Å². The molecule has 38 heavy (non-hydrogen) atoms. The highest BCUT2D eigenvalue weighted by molar-refractivity contribution is 9.10. The van der Waals surface area contributed by atoms with Gasteiger partial charge in [-0.15, -0.1) is 0 Å². The highest BCUT2D eigenvalue weighted by atomic mass is 79.9. The van der Waals surface area contributed by atoms with Gasteiger partial charge in [-0.25, -0.2) is 9.79 Å². The highest BCUT2D eigenvalue weighted by Crippen LogP contribution is 2.34. The minimum Gasteiger partial charge on any atom is -0.463 e. The van der Waals surface area contributed by atoms with Crippen LogP contribution in [0.15, 0.2) is 90.6 Å². The smallest absolute Gasteiger partial charge is 0.338 e. The number of fused-ring (bicyclic) bond motifs is 1. The molecule has 2 aromatic heterocycles. The Morgan fingerprint density at radius 3 is 2.76 bits per heavy atom. The summed E-state index contributed by atoms with van der Waals surface area (Å²) < 4.78 is 14.2. The van der Waals surface area contributed by atoms with E-state index in [0.717, 1.165) is 10.0 Å². The Hall–Kier alpha value is -4.09. The number of furan rings is 1. The van der Waals surface area contributed by atoms with E-state index < -0.39 is 16.9 Å². The molecule has 1 aliphatic rings. The number of rotatable bonds is 6. The number of allylic oxidation sites excluding steroid dienone is 1. The molecular formula is C27H20BrN3O6S. The predicted octanol–water partition coefficient (Wildman–Crippen LogP) is 4.73. The normalized spacial score (nSPS) is 15.2. The van der Waals surface area contributed by atoms with Gasteiger partial charge < -0.3 is 9.15 Å². The number of ether oxygens (including phenoxy) is 1. The first-order valence-electron chi connectivity index (χ1n) is 11.6. The quantitative estimate of drug-likeness (QED) is 0.181. The van der Waals surface area contributed by atoms with E-state index in [4.69, 9.17) is 9.15 Å². The van der Waals surface area contributed by atoms with Crippen molar-refractivity contribution in [1.29, 1.82) is 0 Å². The van der Waals surface area contributed by atoms with Crippen molar-refractivity contribution in [2.75, 3.05) is 6.61 Å². The van der Waals surface area contributed by atoms with Crippen LogP contribution >= 0.6 is 27.3 Å².